The van der Waals surface area contributed by atoms with Crippen molar-refractivity contribution in [2.75, 3.05) is 26.8 Å². The summed E-state index contributed by atoms with van der Waals surface area (Å²) in [4.78, 5) is 14.5. The van der Waals surface area contributed by atoms with Crippen molar-refractivity contribution in [3.63, 3.8) is 0 Å². The molecule has 3 rings (SSSR count). The summed E-state index contributed by atoms with van der Waals surface area (Å²) in [6, 6.07) is 11.9. The van der Waals surface area contributed by atoms with Gasteiger partial charge >= 0.3 is 0 Å². The normalized spacial score (nSPS) is 17.4. The molecule has 0 N–H and O–H groups in total. The van der Waals surface area contributed by atoms with E-state index in [-0.39, 0.29) is 23.3 Å². The summed E-state index contributed by atoms with van der Waals surface area (Å²) in [6.07, 6.45) is 0.459. The van der Waals surface area contributed by atoms with E-state index in [1.807, 2.05) is 24.3 Å². The van der Waals surface area contributed by atoms with Crippen molar-refractivity contribution in [2.45, 2.75) is 12.5 Å². The minimum atomic E-state index is -0.547. The van der Waals surface area contributed by atoms with Crippen LogP contribution in [0, 0.1) is 5.82 Å². The van der Waals surface area contributed by atoms with Crippen molar-refractivity contribution >= 4 is 17.5 Å². The molecule has 1 fully saturated rings. The Morgan fingerprint density at radius 1 is 1.32 bits per heavy atom. The lowest BCUT2D eigenvalue weighted by Crippen LogP contribution is -2.46. The minimum Gasteiger partial charge on any atom is -0.493 e. The van der Waals surface area contributed by atoms with Gasteiger partial charge in [0.2, 0.25) is 0 Å². The first kappa shape index (κ1) is 17.7. The molecule has 25 heavy (non-hydrogen) atoms. The maximum atomic E-state index is 13.9. The molecule has 1 saturated heterocycles. The Morgan fingerprint density at radius 3 is 2.88 bits per heavy atom. The van der Waals surface area contributed by atoms with Crippen LogP contribution >= 0.6 is 11.6 Å². The van der Waals surface area contributed by atoms with Gasteiger partial charge in [-0.05, 0) is 23.8 Å². The first-order valence-electron chi connectivity index (χ1n) is 8.07. The smallest absolute Gasteiger partial charge is 0.257 e. The van der Waals surface area contributed by atoms with Gasteiger partial charge in [-0.3, -0.25) is 4.79 Å². The fourth-order valence-electron chi connectivity index (χ4n) is 2.99. The Labute approximate surface area is 151 Å². The number of nitrogens with zero attached hydrogens (tertiary/aromatic N) is 1. The number of carbonyl (C=O) groups excluding carboxylic acids is 1. The molecule has 0 aliphatic carbocycles. The second kappa shape index (κ2) is 7.85. The predicted octanol–water partition coefficient (Wildman–Crippen LogP) is 3.57. The number of halogens is 2. The SMILES string of the molecule is COc1c(F)cccc1C(=O)N1CCO[C@@H](Cc2ccccc2Cl)C1. The number of ether oxygens (including phenoxy) is 2. The summed E-state index contributed by atoms with van der Waals surface area (Å²) in [5, 5.41) is 0.682. The van der Waals surface area contributed by atoms with Gasteiger partial charge in [0.25, 0.3) is 5.91 Å². The van der Waals surface area contributed by atoms with Crippen molar-refractivity contribution in [1.29, 1.82) is 0 Å². The van der Waals surface area contributed by atoms with Gasteiger partial charge in [0.1, 0.15) is 0 Å². The van der Waals surface area contributed by atoms with Crippen LogP contribution in [-0.2, 0) is 11.2 Å². The molecule has 0 bridgehead atoms. The number of carbonyl (C=O) groups is 1. The van der Waals surface area contributed by atoms with Crippen molar-refractivity contribution in [1.82, 2.24) is 4.90 Å². The summed E-state index contributed by atoms with van der Waals surface area (Å²) in [6.45, 7) is 1.31. The standard InChI is InChI=1S/C19H19ClFNO3/c1-24-18-15(6-4-8-17(18)21)19(23)22-9-10-25-14(12-22)11-13-5-2-3-7-16(13)20/h2-8,14H,9-12H2,1H3/t14-/m0/s1. The summed E-state index contributed by atoms with van der Waals surface area (Å²) in [5.41, 5.74) is 1.20. The fraction of sp³-hybridized carbons (Fsp3) is 0.316. The molecular weight excluding hydrogens is 345 g/mol. The Bertz CT molecular complexity index is 768. The molecule has 6 heteroatoms. The molecule has 132 valence electrons. The number of amides is 1. The molecule has 1 aliphatic heterocycles. The maximum Gasteiger partial charge on any atom is 0.257 e. The summed E-state index contributed by atoms with van der Waals surface area (Å²) < 4.78 is 24.7. The highest BCUT2D eigenvalue weighted by Crippen LogP contribution is 2.25. The van der Waals surface area contributed by atoms with Crippen LogP contribution in [0.3, 0.4) is 0 Å². The van der Waals surface area contributed by atoms with Crippen LogP contribution < -0.4 is 4.74 Å². The lowest BCUT2D eigenvalue weighted by atomic mass is 10.1. The quantitative estimate of drug-likeness (QED) is 0.833. The Balaban J connectivity index is 1.74. The molecule has 1 atom stereocenters. The third kappa shape index (κ3) is 3.94. The molecule has 0 unspecified atom stereocenters. The molecule has 0 saturated carbocycles. The third-order valence-corrected chi connectivity index (χ3v) is 4.60. The maximum absolute atomic E-state index is 13.9. The van der Waals surface area contributed by atoms with Crippen molar-refractivity contribution in [2.24, 2.45) is 0 Å². The van der Waals surface area contributed by atoms with E-state index in [1.54, 1.807) is 11.0 Å². The van der Waals surface area contributed by atoms with Crippen molar-refractivity contribution < 1.29 is 18.7 Å². The third-order valence-electron chi connectivity index (χ3n) is 4.23. The fourth-order valence-corrected chi connectivity index (χ4v) is 3.20. The van der Waals surface area contributed by atoms with Crippen LogP contribution in [0.15, 0.2) is 42.5 Å². The van der Waals surface area contributed by atoms with Gasteiger partial charge < -0.3 is 14.4 Å². The van der Waals surface area contributed by atoms with Gasteiger partial charge in [0, 0.05) is 24.5 Å². The van der Waals surface area contributed by atoms with E-state index in [2.05, 4.69) is 0 Å². The molecule has 1 heterocycles. The predicted molar refractivity (Wildman–Crippen MR) is 93.8 cm³/mol. The number of methoxy groups -OCH3 is 1. The molecule has 2 aromatic carbocycles. The average Bonchev–Trinajstić information content (AvgIpc) is 2.63. The second-order valence-electron chi connectivity index (χ2n) is 5.86. The lowest BCUT2D eigenvalue weighted by Gasteiger charge is -2.33. The zero-order valence-corrected chi connectivity index (χ0v) is 14.6. The van der Waals surface area contributed by atoms with E-state index in [0.717, 1.165) is 5.56 Å². The van der Waals surface area contributed by atoms with Gasteiger partial charge in [0.15, 0.2) is 11.6 Å². The molecule has 0 radical (unpaired) electrons. The van der Waals surface area contributed by atoms with Gasteiger partial charge in [-0.1, -0.05) is 35.9 Å². The summed E-state index contributed by atoms with van der Waals surface area (Å²) >= 11 is 6.20. The van der Waals surface area contributed by atoms with Crippen LogP contribution in [-0.4, -0.2) is 43.7 Å². The highest BCUT2D eigenvalue weighted by molar-refractivity contribution is 6.31. The number of hydrogen-bond donors (Lipinski definition) is 0. The second-order valence-corrected chi connectivity index (χ2v) is 6.27. The summed E-state index contributed by atoms with van der Waals surface area (Å²) in [5.74, 6) is -0.834. The minimum absolute atomic E-state index is 0.0263. The van der Waals surface area contributed by atoms with E-state index in [9.17, 15) is 9.18 Å². The highest BCUT2D eigenvalue weighted by atomic mass is 35.5. The van der Waals surface area contributed by atoms with Crippen LogP contribution in [0.2, 0.25) is 5.02 Å². The highest BCUT2D eigenvalue weighted by Gasteiger charge is 2.28. The summed E-state index contributed by atoms with van der Waals surface area (Å²) in [7, 11) is 1.36. The van der Waals surface area contributed by atoms with Gasteiger partial charge in [-0.15, -0.1) is 0 Å². The van der Waals surface area contributed by atoms with Crippen LogP contribution in [0.1, 0.15) is 15.9 Å². The monoisotopic (exact) mass is 363 g/mol. The molecule has 1 aliphatic rings. The first-order chi connectivity index (χ1) is 12.1. The number of hydrogen-bond acceptors (Lipinski definition) is 3. The molecule has 4 nitrogen and oxygen atoms in total. The first-order valence-corrected chi connectivity index (χ1v) is 8.44. The van der Waals surface area contributed by atoms with Crippen molar-refractivity contribution in [3.8, 4) is 5.75 Å². The van der Waals surface area contributed by atoms with E-state index in [1.165, 1.54) is 19.2 Å². The molecular formula is C19H19ClFNO3. The van der Waals surface area contributed by atoms with E-state index in [0.29, 0.717) is 31.1 Å². The Kier molecular flexibility index (Phi) is 5.56. The van der Waals surface area contributed by atoms with Crippen LogP contribution in [0.5, 0.6) is 5.75 Å². The van der Waals surface area contributed by atoms with Crippen LogP contribution in [0.25, 0.3) is 0 Å². The molecule has 1 amide bonds. The van der Waals surface area contributed by atoms with Gasteiger partial charge in [-0.2, -0.15) is 0 Å². The van der Waals surface area contributed by atoms with E-state index in [4.69, 9.17) is 21.1 Å². The van der Waals surface area contributed by atoms with E-state index >= 15 is 0 Å². The van der Waals surface area contributed by atoms with E-state index < -0.39 is 5.82 Å². The van der Waals surface area contributed by atoms with Gasteiger partial charge in [0.05, 0.1) is 25.4 Å². The van der Waals surface area contributed by atoms with Crippen LogP contribution in [0.4, 0.5) is 4.39 Å². The number of benzene rings is 2. The zero-order valence-electron chi connectivity index (χ0n) is 13.9. The lowest BCUT2D eigenvalue weighted by molar-refractivity contribution is -0.0209. The molecule has 0 aromatic heterocycles. The Hall–Kier alpha value is -2.11. The van der Waals surface area contributed by atoms with Crippen molar-refractivity contribution in [3.05, 3.63) is 64.4 Å². The number of morpholine rings is 1. The number of para-hydroxylation sites is 1. The molecule has 2 aromatic rings. The zero-order chi connectivity index (χ0) is 17.8. The molecule has 0 spiro atoms. The average molecular weight is 364 g/mol. The Morgan fingerprint density at radius 2 is 2.12 bits per heavy atom. The number of rotatable bonds is 4. The van der Waals surface area contributed by atoms with Gasteiger partial charge in [-0.25, -0.2) is 4.39 Å². The topological polar surface area (TPSA) is 38.8 Å². The largest absolute Gasteiger partial charge is 0.493 e.